The molecule has 0 bridgehead atoms. The van der Waals surface area contributed by atoms with E-state index in [1.807, 2.05) is 0 Å². The summed E-state index contributed by atoms with van der Waals surface area (Å²) < 4.78 is 1.35. The first kappa shape index (κ1) is 10.1. The molecule has 7 heteroatoms. The molecular weight excluding hydrogens is 212 g/mol. The van der Waals surface area contributed by atoms with Crippen molar-refractivity contribution in [1.29, 1.82) is 0 Å². The molecule has 0 saturated heterocycles. The average Bonchev–Trinajstić information content (AvgIpc) is 2.61. The molecule has 0 unspecified atom stereocenters. The number of hydrogen-bond donors (Lipinski definition) is 2. The van der Waals surface area contributed by atoms with E-state index in [4.69, 9.17) is 5.11 Å². The van der Waals surface area contributed by atoms with Gasteiger partial charge >= 0.3 is 5.97 Å². The van der Waals surface area contributed by atoms with Crippen LogP contribution >= 0.6 is 0 Å². The molecule has 2 rings (SSSR count). The van der Waals surface area contributed by atoms with Crippen molar-refractivity contribution in [3.8, 4) is 5.82 Å². The minimum atomic E-state index is -1.05. The minimum Gasteiger partial charge on any atom is -0.478 e. The topological polar surface area (TPSA) is 101 Å². The van der Waals surface area contributed by atoms with Gasteiger partial charge in [0.2, 0.25) is 0 Å². The van der Waals surface area contributed by atoms with Crippen molar-refractivity contribution in [2.45, 2.75) is 6.92 Å². The molecule has 0 aliphatic carbocycles. The van der Waals surface area contributed by atoms with Crippen molar-refractivity contribution < 1.29 is 9.90 Å². The number of aromatic nitrogens is 4. The van der Waals surface area contributed by atoms with Crippen LogP contribution in [0.5, 0.6) is 0 Å². The number of H-pyrrole nitrogens is 1. The second-order valence-corrected chi connectivity index (χ2v) is 3.14. The van der Waals surface area contributed by atoms with Crippen LogP contribution in [-0.2, 0) is 0 Å². The Balaban J connectivity index is 2.53. The zero-order valence-corrected chi connectivity index (χ0v) is 8.34. The van der Waals surface area contributed by atoms with E-state index in [1.54, 1.807) is 6.92 Å². The van der Waals surface area contributed by atoms with Crippen LogP contribution < -0.4 is 5.56 Å². The van der Waals surface area contributed by atoms with E-state index in [9.17, 15) is 9.59 Å². The van der Waals surface area contributed by atoms with Crippen molar-refractivity contribution in [2.75, 3.05) is 0 Å². The van der Waals surface area contributed by atoms with Gasteiger partial charge in [-0.1, -0.05) is 0 Å². The SMILES string of the molecule is Cc1c(C(=O)O)cnn1-c1ccc(=O)[nH]n1. The fourth-order valence-electron chi connectivity index (χ4n) is 1.31. The molecular formula is C9H8N4O3. The molecule has 0 spiro atoms. The summed E-state index contributed by atoms with van der Waals surface area (Å²) in [5, 5.41) is 18.7. The quantitative estimate of drug-likeness (QED) is 0.739. The predicted octanol–water partition coefficient (Wildman–Crippen LogP) is -0.0378. The second kappa shape index (κ2) is 3.61. The molecule has 0 aliphatic heterocycles. The fraction of sp³-hybridized carbons (Fsp3) is 0.111. The highest BCUT2D eigenvalue weighted by Gasteiger charge is 2.14. The Morgan fingerprint density at radius 3 is 2.75 bits per heavy atom. The maximum atomic E-state index is 10.8. The van der Waals surface area contributed by atoms with Crippen LogP contribution in [0, 0.1) is 6.92 Å². The standard InChI is InChI=1S/C9H8N4O3/c1-5-6(9(15)16)4-10-13(5)7-2-3-8(14)12-11-7/h2-4H,1H3,(H,12,14)(H,15,16). The molecule has 0 fully saturated rings. The normalized spacial score (nSPS) is 10.3. The lowest BCUT2D eigenvalue weighted by Crippen LogP contribution is -2.11. The van der Waals surface area contributed by atoms with E-state index in [0.717, 1.165) is 0 Å². The van der Waals surface area contributed by atoms with Crippen LogP contribution in [0.15, 0.2) is 23.1 Å². The zero-order valence-electron chi connectivity index (χ0n) is 8.34. The summed E-state index contributed by atoms with van der Waals surface area (Å²) in [5.74, 6) is -0.683. The Kier molecular flexibility index (Phi) is 2.28. The van der Waals surface area contributed by atoms with Crippen LogP contribution in [0.25, 0.3) is 5.82 Å². The molecule has 0 aliphatic rings. The van der Waals surface area contributed by atoms with Gasteiger partial charge in [0.15, 0.2) is 5.82 Å². The summed E-state index contributed by atoms with van der Waals surface area (Å²) in [4.78, 5) is 21.6. The largest absolute Gasteiger partial charge is 0.478 e. The van der Waals surface area contributed by atoms with Gasteiger partial charge in [0.1, 0.15) is 5.56 Å². The van der Waals surface area contributed by atoms with E-state index >= 15 is 0 Å². The van der Waals surface area contributed by atoms with Crippen LogP contribution in [0.2, 0.25) is 0 Å². The lowest BCUT2D eigenvalue weighted by atomic mass is 10.3. The van der Waals surface area contributed by atoms with Crippen molar-refractivity contribution in [3.63, 3.8) is 0 Å². The summed E-state index contributed by atoms with van der Waals surface area (Å²) in [6.45, 7) is 1.61. The number of carboxylic acid groups (broad SMARTS) is 1. The van der Waals surface area contributed by atoms with Gasteiger partial charge in [0, 0.05) is 6.07 Å². The molecule has 0 amide bonds. The van der Waals surface area contributed by atoms with Crippen LogP contribution in [-0.4, -0.2) is 31.1 Å². The molecule has 2 aromatic heterocycles. The molecule has 7 nitrogen and oxygen atoms in total. The van der Waals surface area contributed by atoms with E-state index in [-0.39, 0.29) is 11.1 Å². The molecule has 82 valence electrons. The number of nitrogens with one attached hydrogen (secondary N) is 1. The molecule has 2 N–H and O–H groups in total. The highest BCUT2D eigenvalue weighted by molar-refractivity contribution is 5.88. The van der Waals surface area contributed by atoms with Gasteiger partial charge in [-0.2, -0.15) is 10.2 Å². The number of aromatic carboxylic acids is 1. The number of nitrogens with zero attached hydrogens (tertiary/aromatic N) is 3. The molecule has 16 heavy (non-hydrogen) atoms. The number of hydrogen-bond acceptors (Lipinski definition) is 4. The van der Waals surface area contributed by atoms with E-state index in [0.29, 0.717) is 11.5 Å². The van der Waals surface area contributed by atoms with Gasteiger partial charge in [-0.15, -0.1) is 0 Å². The summed E-state index contributed by atoms with van der Waals surface area (Å²) in [5.41, 5.74) is 0.229. The maximum absolute atomic E-state index is 10.8. The monoisotopic (exact) mass is 220 g/mol. The molecule has 2 heterocycles. The first-order chi connectivity index (χ1) is 7.59. The first-order valence-corrected chi connectivity index (χ1v) is 4.43. The Morgan fingerprint density at radius 1 is 1.50 bits per heavy atom. The Morgan fingerprint density at radius 2 is 2.25 bits per heavy atom. The zero-order chi connectivity index (χ0) is 11.7. The summed E-state index contributed by atoms with van der Waals surface area (Å²) >= 11 is 0. The molecule has 0 atom stereocenters. The van der Waals surface area contributed by atoms with Gasteiger partial charge in [0.25, 0.3) is 5.56 Å². The second-order valence-electron chi connectivity index (χ2n) is 3.14. The van der Waals surface area contributed by atoms with Crippen LogP contribution in [0.1, 0.15) is 16.1 Å². The molecule has 0 aromatic carbocycles. The average molecular weight is 220 g/mol. The highest BCUT2D eigenvalue weighted by Crippen LogP contribution is 2.10. The number of aromatic amines is 1. The van der Waals surface area contributed by atoms with Crippen molar-refractivity contribution in [3.05, 3.63) is 39.9 Å². The smallest absolute Gasteiger partial charge is 0.339 e. The first-order valence-electron chi connectivity index (χ1n) is 4.43. The predicted molar refractivity (Wildman–Crippen MR) is 53.7 cm³/mol. The third kappa shape index (κ3) is 1.58. The van der Waals surface area contributed by atoms with Gasteiger partial charge in [-0.3, -0.25) is 4.79 Å². The van der Waals surface area contributed by atoms with Gasteiger partial charge in [-0.25, -0.2) is 14.6 Å². The Labute approximate surface area is 89.4 Å². The fourth-order valence-corrected chi connectivity index (χ4v) is 1.31. The van der Waals surface area contributed by atoms with Crippen molar-refractivity contribution >= 4 is 5.97 Å². The lowest BCUT2D eigenvalue weighted by molar-refractivity contribution is 0.0696. The van der Waals surface area contributed by atoms with Gasteiger partial charge in [0.05, 0.1) is 11.9 Å². The Hall–Kier alpha value is -2.44. The third-order valence-corrected chi connectivity index (χ3v) is 2.12. The summed E-state index contributed by atoms with van der Waals surface area (Å²) in [6, 6.07) is 2.76. The maximum Gasteiger partial charge on any atom is 0.339 e. The highest BCUT2D eigenvalue weighted by atomic mass is 16.4. The number of rotatable bonds is 2. The molecule has 0 saturated carbocycles. The number of carbonyl (C=O) groups is 1. The van der Waals surface area contributed by atoms with Crippen LogP contribution in [0.4, 0.5) is 0 Å². The Bertz CT molecular complexity index is 579. The van der Waals surface area contributed by atoms with E-state index < -0.39 is 5.97 Å². The minimum absolute atomic E-state index is 0.105. The molecule has 0 radical (unpaired) electrons. The van der Waals surface area contributed by atoms with E-state index in [1.165, 1.54) is 23.0 Å². The van der Waals surface area contributed by atoms with Gasteiger partial charge < -0.3 is 5.11 Å². The summed E-state index contributed by atoms with van der Waals surface area (Å²) in [6.07, 6.45) is 1.24. The molecule has 2 aromatic rings. The van der Waals surface area contributed by atoms with Crippen molar-refractivity contribution in [1.82, 2.24) is 20.0 Å². The number of carboxylic acids is 1. The van der Waals surface area contributed by atoms with Gasteiger partial charge in [-0.05, 0) is 13.0 Å². The third-order valence-electron chi connectivity index (χ3n) is 2.12. The summed E-state index contributed by atoms with van der Waals surface area (Å²) in [7, 11) is 0. The lowest BCUT2D eigenvalue weighted by Gasteiger charge is -2.01. The van der Waals surface area contributed by atoms with Crippen LogP contribution in [0.3, 0.4) is 0 Å². The van der Waals surface area contributed by atoms with E-state index in [2.05, 4.69) is 15.3 Å². The van der Waals surface area contributed by atoms with Crippen molar-refractivity contribution in [2.24, 2.45) is 0 Å².